The van der Waals surface area contributed by atoms with Gasteiger partial charge in [-0.1, -0.05) is 0 Å². The number of morpholine rings is 1. The fourth-order valence-corrected chi connectivity index (χ4v) is 3.37. The number of rotatable bonds is 4. The Balaban J connectivity index is 1.62. The first kappa shape index (κ1) is 15.2. The van der Waals surface area contributed by atoms with E-state index in [0.29, 0.717) is 17.5 Å². The molecular weight excluding hydrogens is 282 g/mol. The maximum atomic E-state index is 10.7. The SMILES string of the molecule is COc1cc(N2CCC(N3CCOCC3)CC2)ccc1N=O. The van der Waals surface area contributed by atoms with Gasteiger partial charge in [0, 0.05) is 44.0 Å². The van der Waals surface area contributed by atoms with E-state index in [2.05, 4.69) is 15.0 Å². The number of methoxy groups -OCH3 is 1. The maximum absolute atomic E-state index is 10.7. The topological polar surface area (TPSA) is 54.4 Å². The summed E-state index contributed by atoms with van der Waals surface area (Å²) in [6.07, 6.45) is 2.33. The molecule has 22 heavy (non-hydrogen) atoms. The van der Waals surface area contributed by atoms with Gasteiger partial charge in [-0.3, -0.25) is 4.90 Å². The lowest BCUT2D eigenvalue weighted by Crippen LogP contribution is -2.49. The lowest BCUT2D eigenvalue weighted by Gasteiger charge is -2.40. The zero-order valence-corrected chi connectivity index (χ0v) is 13.0. The van der Waals surface area contributed by atoms with Crippen molar-refractivity contribution in [3.8, 4) is 5.75 Å². The Morgan fingerprint density at radius 2 is 1.91 bits per heavy atom. The molecule has 6 nitrogen and oxygen atoms in total. The Labute approximate surface area is 131 Å². The molecule has 0 atom stereocenters. The number of ether oxygens (including phenoxy) is 2. The minimum Gasteiger partial charge on any atom is -0.494 e. The smallest absolute Gasteiger partial charge is 0.150 e. The lowest BCUT2D eigenvalue weighted by atomic mass is 10.0. The van der Waals surface area contributed by atoms with Crippen molar-refractivity contribution in [2.24, 2.45) is 5.18 Å². The number of benzene rings is 1. The predicted octanol–water partition coefficient (Wildman–Crippen LogP) is 2.39. The first-order chi connectivity index (χ1) is 10.8. The van der Waals surface area contributed by atoms with Crippen molar-refractivity contribution in [1.29, 1.82) is 0 Å². The molecule has 2 fully saturated rings. The quantitative estimate of drug-likeness (QED) is 0.800. The van der Waals surface area contributed by atoms with E-state index >= 15 is 0 Å². The molecule has 0 aromatic heterocycles. The number of piperidine rings is 1. The largest absolute Gasteiger partial charge is 0.494 e. The highest BCUT2D eigenvalue weighted by atomic mass is 16.5. The zero-order valence-electron chi connectivity index (χ0n) is 13.0. The van der Waals surface area contributed by atoms with Crippen LogP contribution in [-0.4, -0.2) is 57.4 Å². The van der Waals surface area contributed by atoms with E-state index in [1.54, 1.807) is 13.2 Å². The summed E-state index contributed by atoms with van der Waals surface area (Å²) in [5.41, 5.74) is 1.46. The molecule has 0 aliphatic carbocycles. The molecule has 0 radical (unpaired) electrons. The molecule has 0 unspecified atom stereocenters. The standard InChI is InChI=1S/C16H23N3O3/c1-21-16-12-14(2-3-15(16)17-20)18-6-4-13(5-7-18)19-8-10-22-11-9-19/h2-3,12-13H,4-11H2,1H3. The molecule has 1 aromatic carbocycles. The second-order valence-electron chi connectivity index (χ2n) is 5.81. The summed E-state index contributed by atoms with van der Waals surface area (Å²) in [6, 6.07) is 6.26. The minimum absolute atomic E-state index is 0.356. The van der Waals surface area contributed by atoms with E-state index < -0.39 is 0 Å². The molecule has 2 heterocycles. The Hall–Kier alpha value is -1.66. The second-order valence-corrected chi connectivity index (χ2v) is 5.81. The van der Waals surface area contributed by atoms with Crippen LogP contribution in [0.3, 0.4) is 0 Å². The highest BCUT2D eigenvalue weighted by Gasteiger charge is 2.26. The van der Waals surface area contributed by atoms with Gasteiger partial charge in [0.05, 0.1) is 20.3 Å². The molecule has 120 valence electrons. The van der Waals surface area contributed by atoms with Gasteiger partial charge >= 0.3 is 0 Å². The van der Waals surface area contributed by atoms with E-state index in [4.69, 9.17) is 9.47 Å². The Morgan fingerprint density at radius 1 is 1.18 bits per heavy atom. The van der Waals surface area contributed by atoms with Crippen molar-refractivity contribution in [1.82, 2.24) is 4.90 Å². The van der Waals surface area contributed by atoms with Crippen LogP contribution in [0.1, 0.15) is 12.8 Å². The van der Waals surface area contributed by atoms with Gasteiger partial charge in [0.15, 0.2) is 0 Å². The molecule has 0 amide bonds. The first-order valence-corrected chi connectivity index (χ1v) is 7.90. The molecule has 0 spiro atoms. The summed E-state index contributed by atoms with van der Waals surface area (Å²) in [7, 11) is 1.57. The van der Waals surface area contributed by atoms with Crippen LogP contribution in [0.15, 0.2) is 23.4 Å². The van der Waals surface area contributed by atoms with Gasteiger partial charge in [0.25, 0.3) is 0 Å². The summed E-state index contributed by atoms with van der Waals surface area (Å²) in [6.45, 7) is 5.88. The van der Waals surface area contributed by atoms with E-state index in [1.807, 2.05) is 12.1 Å². The Kier molecular flexibility index (Phi) is 4.90. The molecular formula is C16H23N3O3. The molecule has 0 saturated carbocycles. The number of anilines is 1. The molecule has 2 aliphatic heterocycles. The van der Waals surface area contributed by atoms with Gasteiger partial charge in [0.1, 0.15) is 11.4 Å². The van der Waals surface area contributed by atoms with Crippen LogP contribution in [0.5, 0.6) is 5.75 Å². The minimum atomic E-state index is 0.356. The highest BCUT2D eigenvalue weighted by molar-refractivity contribution is 5.62. The third kappa shape index (κ3) is 3.23. The molecule has 0 bridgehead atoms. The lowest BCUT2D eigenvalue weighted by molar-refractivity contribution is 0.0115. The van der Waals surface area contributed by atoms with Gasteiger partial charge < -0.3 is 14.4 Å². The molecule has 1 aromatic rings. The van der Waals surface area contributed by atoms with E-state index in [9.17, 15) is 4.91 Å². The second kappa shape index (κ2) is 7.07. The molecule has 2 aliphatic rings. The fraction of sp³-hybridized carbons (Fsp3) is 0.625. The maximum Gasteiger partial charge on any atom is 0.150 e. The van der Waals surface area contributed by atoms with Crippen molar-refractivity contribution in [2.75, 3.05) is 51.4 Å². The van der Waals surface area contributed by atoms with Gasteiger partial charge in [0.2, 0.25) is 0 Å². The van der Waals surface area contributed by atoms with Crippen LogP contribution in [0.2, 0.25) is 0 Å². The van der Waals surface area contributed by atoms with Gasteiger partial charge in [-0.2, -0.15) is 0 Å². The Morgan fingerprint density at radius 3 is 2.55 bits per heavy atom. The number of nitroso groups, excluding NO2 is 1. The van der Waals surface area contributed by atoms with Crippen molar-refractivity contribution in [3.05, 3.63) is 23.1 Å². The van der Waals surface area contributed by atoms with Crippen molar-refractivity contribution in [2.45, 2.75) is 18.9 Å². The third-order valence-electron chi connectivity index (χ3n) is 4.65. The van der Waals surface area contributed by atoms with Crippen LogP contribution < -0.4 is 9.64 Å². The van der Waals surface area contributed by atoms with Crippen LogP contribution in [0.4, 0.5) is 11.4 Å². The Bertz CT molecular complexity index is 509. The molecule has 2 saturated heterocycles. The number of hydrogen-bond acceptors (Lipinski definition) is 6. The van der Waals surface area contributed by atoms with Crippen molar-refractivity contribution < 1.29 is 9.47 Å². The summed E-state index contributed by atoms with van der Waals surface area (Å²) in [5.74, 6) is 0.544. The van der Waals surface area contributed by atoms with Crippen LogP contribution in [0.25, 0.3) is 0 Å². The summed E-state index contributed by atoms with van der Waals surface area (Å²) in [4.78, 5) is 15.6. The van der Waals surface area contributed by atoms with E-state index in [0.717, 1.165) is 57.9 Å². The normalized spacial score (nSPS) is 20.9. The zero-order chi connectivity index (χ0) is 15.4. The monoisotopic (exact) mass is 305 g/mol. The van der Waals surface area contributed by atoms with Gasteiger partial charge in [-0.25, -0.2) is 0 Å². The molecule has 3 rings (SSSR count). The van der Waals surface area contributed by atoms with Crippen LogP contribution in [0, 0.1) is 4.91 Å². The van der Waals surface area contributed by atoms with Gasteiger partial charge in [-0.15, -0.1) is 4.91 Å². The summed E-state index contributed by atoms with van der Waals surface area (Å²) < 4.78 is 10.7. The average molecular weight is 305 g/mol. The highest BCUT2D eigenvalue weighted by Crippen LogP contribution is 2.33. The average Bonchev–Trinajstić information content (AvgIpc) is 2.62. The van der Waals surface area contributed by atoms with Crippen LogP contribution >= 0.6 is 0 Å². The summed E-state index contributed by atoms with van der Waals surface area (Å²) >= 11 is 0. The van der Waals surface area contributed by atoms with Crippen molar-refractivity contribution >= 4 is 11.4 Å². The molecule has 6 heteroatoms. The van der Waals surface area contributed by atoms with Crippen LogP contribution in [-0.2, 0) is 4.74 Å². The number of nitrogens with zero attached hydrogens (tertiary/aromatic N) is 3. The third-order valence-corrected chi connectivity index (χ3v) is 4.65. The van der Waals surface area contributed by atoms with Crippen molar-refractivity contribution in [3.63, 3.8) is 0 Å². The predicted molar refractivity (Wildman–Crippen MR) is 86.1 cm³/mol. The van der Waals surface area contributed by atoms with E-state index in [1.165, 1.54) is 0 Å². The fourth-order valence-electron chi connectivity index (χ4n) is 3.37. The van der Waals surface area contributed by atoms with Gasteiger partial charge in [-0.05, 0) is 30.2 Å². The van der Waals surface area contributed by atoms with E-state index in [-0.39, 0.29) is 0 Å². The summed E-state index contributed by atoms with van der Waals surface area (Å²) in [5, 5.41) is 2.99. The number of hydrogen-bond donors (Lipinski definition) is 0. The molecule has 0 N–H and O–H groups in total. The first-order valence-electron chi connectivity index (χ1n) is 7.90.